The van der Waals surface area contributed by atoms with E-state index in [1.807, 2.05) is 13.8 Å². The molecule has 0 saturated heterocycles. The van der Waals surface area contributed by atoms with Crippen LogP contribution >= 0.6 is 0 Å². The lowest BCUT2D eigenvalue weighted by Crippen LogP contribution is -2.04. The van der Waals surface area contributed by atoms with Crippen molar-refractivity contribution in [3.8, 4) is 0 Å². The van der Waals surface area contributed by atoms with Crippen molar-refractivity contribution in [2.24, 2.45) is 0 Å². The molecule has 1 rings (SSSR count). The van der Waals surface area contributed by atoms with E-state index in [1.54, 1.807) is 6.92 Å². The molecule has 1 aromatic rings. The number of aromatic nitrogens is 1. The van der Waals surface area contributed by atoms with Gasteiger partial charge in [0.25, 0.3) is 0 Å². The molecule has 0 saturated carbocycles. The van der Waals surface area contributed by atoms with Crippen LogP contribution in [-0.2, 0) is 16.0 Å². The number of carbonyl (C=O) groups excluding carboxylic acids is 2. The largest absolute Gasteiger partial charge is 0.466 e. The van der Waals surface area contributed by atoms with Gasteiger partial charge in [-0.2, -0.15) is 0 Å². The Hall–Kier alpha value is -1.58. The first-order chi connectivity index (χ1) is 8.10. The van der Waals surface area contributed by atoms with Gasteiger partial charge in [-0.15, -0.1) is 0 Å². The maximum absolute atomic E-state index is 11.2. The summed E-state index contributed by atoms with van der Waals surface area (Å²) >= 11 is 0. The first-order valence-corrected chi connectivity index (χ1v) is 5.89. The summed E-state index contributed by atoms with van der Waals surface area (Å²) in [5, 5.41) is 0. The second kappa shape index (κ2) is 6.23. The Morgan fingerprint density at radius 2 is 2.12 bits per heavy atom. The number of aryl methyl sites for hydroxylation is 1. The van der Waals surface area contributed by atoms with E-state index >= 15 is 0 Å². The Morgan fingerprint density at radius 1 is 1.41 bits per heavy atom. The van der Waals surface area contributed by atoms with Gasteiger partial charge in [0.2, 0.25) is 0 Å². The molecule has 0 amide bonds. The molecule has 0 atom stereocenters. The minimum absolute atomic E-state index is 0.158. The lowest BCUT2D eigenvalue weighted by Gasteiger charge is -2.03. The van der Waals surface area contributed by atoms with Crippen molar-refractivity contribution in [1.82, 2.24) is 4.98 Å². The average Bonchev–Trinajstić information content (AvgIpc) is 2.56. The Morgan fingerprint density at radius 3 is 2.65 bits per heavy atom. The van der Waals surface area contributed by atoms with Crippen LogP contribution < -0.4 is 0 Å². The predicted molar refractivity (Wildman–Crippen MR) is 65.2 cm³/mol. The van der Waals surface area contributed by atoms with Crippen LogP contribution in [0.4, 0.5) is 0 Å². The van der Waals surface area contributed by atoms with Gasteiger partial charge in [-0.1, -0.05) is 0 Å². The first-order valence-electron chi connectivity index (χ1n) is 5.89. The van der Waals surface area contributed by atoms with Crippen LogP contribution in [0.15, 0.2) is 0 Å². The third-order valence-electron chi connectivity index (χ3n) is 2.86. The number of H-pyrrole nitrogens is 1. The van der Waals surface area contributed by atoms with Gasteiger partial charge in [-0.05, 0) is 44.7 Å². The van der Waals surface area contributed by atoms with Gasteiger partial charge in [0.05, 0.1) is 12.3 Å². The summed E-state index contributed by atoms with van der Waals surface area (Å²) in [6, 6.07) is 0. The molecule has 0 aliphatic rings. The second-order valence-corrected chi connectivity index (χ2v) is 4.04. The van der Waals surface area contributed by atoms with E-state index in [9.17, 15) is 9.59 Å². The molecule has 0 radical (unpaired) electrons. The fraction of sp³-hybridized carbons (Fsp3) is 0.538. The molecule has 0 unspecified atom stereocenters. The van der Waals surface area contributed by atoms with Crippen molar-refractivity contribution in [1.29, 1.82) is 0 Å². The summed E-state index contributed by atoms with van der Waals surface area (Å²) in [7, 11) is 0. The molecule has 4 heteroatoms. The Labute approximate surface area is 101 Å². The quantitative estimate of drug-likeness (QED) is 0.610. The van der Waals surface area contributed by atoms with E-state index in [-0.39, 0.29) is 5.97 Å². The maximum atomic E-state index is 11.2. The van der Waals surface area contributed by atoms with Gasteiger partial charge in [0.15, 0.2) is 6.29 Å². The molecule has 17 heavy (non-hydrogen) atoms. The molecule has 1 N–H and O–H groups in total. The average molecular weight is 237 g/mol. The van der Waals surface area contributed by atoms with Crippen molar-refractivity contribution in [3.05, 3.63) is 22.5 Å². The van der Waals surface area contributed by atoms with Crippen molar-refractivity contribution in [2.75, 3.05) is 6.61 Å². The van der Waals surface area contributed by atoms with Crippen LogP contribution in [0.25, 0.3) is 0 Å². The van der Waals surface area contributed by atoms with E-state index in [2.05, 4.69) is 4.98 Å². The molecule has 0 aliphatic carbocycles. The fourth-order valence-corrected chi connectivity index (χ4v) is 1.95. The molecular weight excluding hydrogens is 218 g/mol. The van der Waals surface area contributed by atoms with Gasteiger partial charge in [-0.25, -0.2) is 0 Å². The minimum Gasteiger partial charge on any atom is -0.466 e. The zero-order chi connectivity index (χ0) is 12.8. The third-order valence-corrected chi connectivity index (χ3v) is 2.86. The Balaban J connectivity index is 2.55. The molecule has 0 spiro atoms. The number of esters is 1. The molecular formula is C13H19NO3. The van der Waals surface area contributed by atoms with E-state index in [4.69, 9.17) is 4.74 Å². The second-order valence-electron chi connectivity index (χ2n) is 4.04. The SMILES string of the molecule is CCOC(=O)CCCc1c(C)[nH]c(C=O)c1C. The minimum atomic E-state index is -0.158. The number of ether oxygens (including phenoxy) is 1. The zero-order valence-corrected chi connectivity index (χ0v) is 10.6. The monoisotopic (exact) mass is 237 g/mol. The fourth-order valence-electron chi connectivity index (χ4n) is 1.95. The number of hydrogen-bond acceptors (Lipinski definition) is 3. The molecule has 1 aromatic heterocycles. The highest BCUT2D eigenvalue weighted by atomic mass is 16.5. The van der Waals surface area contributed by atoms with Crippen LogP contribution in [0.2, 0.25) is 0 Å². The Bertz CT molecular complexity index is 407. The summed E-state index contributed by atoms with van der Waals surface area (Å²) in [6.45, 7) is 6.09. The normalized spacial score (nSPS) is 10.3. The summed E-state index contributed by atoms with van der Waals surface area (Å²) in [5.74, 6) is -0.158. The van der Waals surface area contributed by atoms with Crippen molar-refractivity contribution in [2.45, 2.75) is 40.0 Å². The topological polar surface area (TPSA) is 59.2 Å². The van der Waals surface area contributed by atoms with Gasteiger partial charge in [0.1, 0.15) is 0 Å². The van der Waals surface area contributed by atoms with E-state index in [0.717, 1.165) is 35.9 Å². The van der Waals surface area contributed by atoms with Crippen LogP contribution in [0.5, 0.6) is 0 Å². The van der Waals surface area contributed by atoms with E-state index in [1.165, 1.54) is 0 Å². The third kappa shape index (κ3) is 3.44. The number of rotatable bonds is 6. The maximum Gasteiger partial charge on any atom is 0.305 e. The standard InChI is InChI=1S/C13H19NO3/c1-4-17-13(16)7-5-6-11-9(2)12(8-15)14-10(11)3/h8,14H,4-7H2,1-3H3. The van der Waals surface area contributed by atoms with Crippen LogP contribution in [0.1, 0.15) is 47.1 Å². The lowest BCUT2D eigenvalue weighted by molar-refractivity contribution is -0.143. The zero-order valence-electron chi connectivity index (χ0n) is 10.6. The molecule has 0 aliphatic heterocycles. The van der Waals surface area contributed by atoms with Crippen LogP contribution in [-0.4, -0.2) is 23.8 Å². The molecule has 1 heterocycles. The summed E-state index contributed by atoms with van der Waals surface area (Å²) < 4.78 is 4.86. The molecule has 94 valence electrons. The summed E-state index contributed by atoms with van der Waals surface area (Å²) in [6.07, 6.45) is 2.79. The van der Waals surface area contributed by atoms with Crippen LogP contribution in [0, 0.1) is 13.8 Å². The molecule has 4 nitrogen and oxygen atoms in total. The highest BCUT2D eigenvalue weighted by molar-refractivity contribution is 5.76. The van der Waals surface area contributed by atoms with Gasteiger partial charge in [0, 0.05) is 12.1 Å². The highest BCUT2D eigenvalue weighted by Gasteiger charge is 2.11. The van der Waals surface area contributed by atoms with Crippen molar-refractivity contribution in [3.63, 3.8) is 0 Å². The van der Waals surface area contributed by atoms with E-state index in [0.29, 0.717) is 18.7 Å². The van der Waals surface area contributed by atoms with Crippen molar-refractivity contribution < 1.29 is 14.3 Å². The van der Waals surface area contributed by atoms with Gasteiger partial charge in [-0.3, -0.25) is 9.59 Å². The highest BCUT2D eigenvalue weighted by Crippen LogP contribution is 2.18. The van der Waals surface area contributed by atoms with Gasteiger partial charge >= 0.3 is 5.97 Å². The summed E-state index contributed by atoms with van der Waals surface area (Å²) in [5.41, 5.74) is 3.76. The molecule has 0 fully saturated rings. The number of carbonyl (C=O) groups is 2. The first kappa shape index (κ1) is 13.5. The summed E-state index contributed by atoms with van der Waals surface area (Å²) in [4.78, 5) is 25.0. The molecule has 0 aromatic carbocycles. The predicted octanol–water partition coefficient (Wildman–Crippen LogP) is 2.33. The smallest absolute Gasteiger partial charge is 0.305 e. The number of aldehydes is 1. The lowest BCUT2D eigenvalue weighted by atomic mass is 10.0. The molecule has 0 bridgehead atoms. The number of aromatic amines is 1. The number of hydrogen-bond donors (Lipinski definition) is 1. The van der Waals surface area contributed by atoms with Crippen LogP contribution in [0.3, 0.4) is 0 Å². The Kier molecular flexibility index (Phi) is 4.94. The van der Waals surface area contributed by atoms with Crippen molar-refractivity contribution >= 4 is 12.3 Å². The van der Waals surface area contributed by atoms with Gasteiger partial charge < -0.3 is 9.72 Å². The number of nitrogens with one attached hydrogen (secondary N) is 1. The van der Waals surface area contributed by atoms with E-state index < -0.39 is 0 Å².